The molecular weight excluding hydrogens is 346 g/mol. The fraction of sp³-hybridized carbons (Fsp3) is 0.600. The van der Waals surface area contributed by atoms with Crippen molar-refractivity contribution in [2.45, 2.75) is 70.8 Å². The van der Waals surface area contributed by atoms with Gasteiger partial charge in [0.25, 0.3) is 0 Å². The van der Waals surface area contributed by atoms with E-state index < -0.39 is 14.4 Å². The number of nitrogens with one attached hydrogen (secondary N) is 1. The Hall–Kier alpha value is -1.66. The second-order valence-electron chi connectivity index (χ2n) is 8.18. The minimum Gasteiger partial charge on any atom is -0.469 e. The summed E-state index contributed by atoms with van der Waals surface area (Å²) in [6.07, 6.45) is -0.263. The largest absolute Gasteiger partial charge is 0.469 e. The second-order valence-corrected chi connectivity index (χ2v) is 12.9. The summed E-state index contributed by atoms with van der Waals surface area (Å²) in [5.41, 5.74) is 1.04. The monoisotopic (exact) mass is 379 g/mol. The fourth-order valence-corrected chi connectivity index (χ4v) is 3.70. The van der Waals surface area contributed by atoms with Gasteiger partial charge in [-0.15, -0.1) is 0 Å². The zero-order valence-electron chi connectivity index (χ0n) is 17.1. The van der Waals surface area contributed by atoms with Crippen LogP contribution in [-0.2, 0) is 18.8 Å². The van der Waals surface area contributed by atoms with Gasteiger partial charge in [0.2, 0.25) is 5.91 Å². The summed E-state index contributed by atoms with van der Waals surface area (Å²) in [4.78, 5) is 24.3. The van der Waals surface area contributed by atoms with Crippen molar-refractivity contribution in [2.75, 3.05) is 7.11 Å². The molecule has 0 spiro atoms. The van der Waals surface area contributed by atoms with E-state index in [9.17, 15) is 9.59 Å². The fourth-order valence-electron chi connectivity index (χ4n) is 2.35. The molecule has 0 aliphatic carbocycles. The third-order valence-corrected chi connectivity index (χ3v) is 9.51. The van der Waals surface area contributed by atoms with E-state index in [-0.39, 0.29) is 35.8 Å². The highest BCUT2D eigenvalue weighted by atomic mass is 28.4. The van der Waals surface area contributed by atoms with Crippen LogP contribution in [0.1, 0.15) is 52.1 Å². The maximum Gasteiger partial charge on any atom is 0.308 e. The van der Waals surface area contributed by atoms with Crippen molar-refractivity contribution in [3.8, 4) is 0 Å². The van der Waals surface area contributed by atoms with Gasteiger partial charge in [-0.25, -0.2) is 0 Å². The van der Waals surface area contributed by atoms with E-state index in [0.717, 1.165) is 5.56 Å². The van der Waals surface area contributed by atoms with Crippen LogP contribution in [-0.4, -0.2) is 33.4 Å². The number of methoxy groups -OCH3 is 1. The highest BCUT2D eigenvalue weighted by molar-refractivity contribution is 6.74. The molecule has 0 bridgehead atoms. The molecule has 6 heteroatoms. The van der Waals surface area contributed by atoms with E-state index in [1.54, 1.807) is 0 Å². The Morgan fingerprint density at radius 1 is 1.12 bits per heavy atom. The highest BCUT2D eigenvalue weighted by Gasteiger charge is 2.40. The zero-order valence-corrected chi connectivity index (χ0v) is 18.1. The molecule has 5 nitrogen and oxygen atoms in total. The van der Waals surface area contributed by atoms with Crippen LogP contribution in [0.5, 0.6) is 0 Å². The maximum atomic E-state index is 12.5. The standard InChI is InChI=1S/C20H33NO4Si/c1-15(16-11-9-8-10-12-16)21-18(22)13-17(14-19(23)24-5)25-26(6,7)20(2,3)4/h8-12,15,17H,13-14H2,1-7H3,(H,21,22)/t15?,17-/m0/s1. The van der Waals surface area contributed by atoms with Gasteiger partial charge in [-0.05, 0) is 30.6 Å². The number of carbonyl (C=O) groups is 2. The summed E-state index contributed by atoms with van der Waals surface area (Å²) in [7, 11) is -0.756. The number of ether oxygens (including phenoxy) is 1. The Morgan fingerprint density at radius 3 is 2.19 bits per heavy atom. The number of amides is 1. The van der Waals surface area contributed by atoms with Crippen molar-refractivity contribution in [3.63, 3.8) is 0 Å². The van der Waals surface area contributed by atoms with Crippen LogP contribution in [0.25, 0.3) is 0 Å². The predicted octanol–water partition coefficient (Wildman–Crippen LogP) is 4.21. The number of benzene rings is 1. The highest BCUT2D eigenvalue weighted by Crippen LogP contribution is 2.38. The van der Waals surface area contributed by atoms with Crippen LogP contribution in [0.4, 0.5) is 0 Å². The number of hydrogen-bond acceptors (Lipinski definition) is 4. The average Bonchev–Trinajstić information content (AvgIpc) is 2.53. The summed E-state index contributed by atoms with van der Waals surface area (Å²) in [6.45, 7) is 12.6. The molecule has 26 heavy (non-hydrogen) atoms. The quantitative estimate of drug-likeness (QED) is 0.543. The van der Waals surface area contributed by atoms with Crippen molar-refractivity contribution in [1.29, 1.82) is 0 Å². The minimum atomic E-state index is -2.11. The van der Waals surface area contributed by atoms with Gasteiger partial charge in [0.1, 0.15) is 0 Å². The van der Waals surface area contributed by atoms with Gasteiger partial charge in [-0.1, -0.05) is 51.1 Å². The molecule has 0 saturated heterocycles. The lowest BCUT2D eigenvalue weighted by atomic mass is 10.1. The molecule has 0 radical (unpaired) electrons. The van der Waals surface area contributed by atoms with Gasteiger partial charge in [-0.2, -0.15) is 0 Å². The molecule has 1 aromatic rings. The maximum absolute atomic E-state index is 12.5. The molecule has 0 fully saturated rings. The first-order valence-corrected chi connectivity index (χ1v) is 12.0. The Morgan fingerprint density at radius 2 is 1.69 bits per heavy atom. The first-order valence-electron chi connectivity index (χ1n) is 9.05. The molecule has 146 valence electrons. The van der Waals surface area contributed by atoms with Gasteiger partial charge >= 0.3 is 5.97 Å². The van der Waals surface area contributed by atoms with Crippen molar-refractivity contribution < 1.29 is 18.8 Å². The third kappa shape index (κ3) is 6.92. The van der Waals surface area contributed by atoms with E-state index in [4.69, 9.17) is 9.16 Å². The summed E-state index contributed by atoms with van der Waals surface area (Å²) in [5.74, 6) is -0.494. The Kier molecular flexibility index (Phi) is 8.03. The zero-order chi connectivity index (χ0) is 20.0. The molecule has 0 aromatic heterocycles. The number of esters is 1. The molecule has 1 N–H and O–H groups in total. The first-order chi connectivity index (χ1) is 12.0. The Labute approximate surface area is 158 Å². The smallest absolute Gasteiger partial charge is 0.308 e. The van der Waals surface area contributed by atoms with Crippen LogP contribution < -0.4 is 5.32 Å². The van der Waals surface area contributed by atoms with Crippen molar-refractivity contribution in [3.05, 3.63) is 35.9 Å². The van der Waals surface area contributed by atoms with E-state index >= 15 is 0 Å². The summed E-state index contributed by atoms with van der Waals surface area (Å²) >= 11 is 0. The SMILES string of the molecule is COC(=O)C[C@H](CC(=O)NC(C)c1ccccc1)O[Si](C)(C)C(C)(C)C. The molecule has 2 atom stereocenters. The Balaban J connectivity index is 2.78. The summed E-state index contributed by atoms with van der Waals surface area (Å²) < 4.78 is 11.1. The average molecular weight is 380 g/mol. The van der Waals surface area contributed by atoms with Crippen LogP contribution >= 0.6 is 0 Å². The predicted molar refractivity (Wildman–Crippen MR) is 106 cm³/mol. The first kappa shape index (κ1) is 22.4. The number of rotatable bonds is 8. The lowest BCUT2D eigenvalue weighted by molar-refractivity contribution is -0.142. The molecule has 0 aliphatic heterocycles. The van der Waals surface area contributed by atoms with E-state index in [1.807, 2.05) is 37.3 Å². The molecule has 0 aliphatic rings. The Bertz CT molecular complexity index is 596. The topological polar surface area (TPSA) is 64.6 Å². The van der Waals surface area contributed by atoms with Gasteiger partial charge in [0, 0.05) is 0 Å². The number of hydrogen-bond donors (Lipinski definition) is 1. The van der Waals surface area contributed by atoms with Gasteiger partial charge in [0.15, 0.2) is 8.32 Å². The normalized spacial score (nSPS) is 14.4. The van der Waals surface area contributed by atoms with Gasteiger partial charge in [0.05, 0.1) is 32.1 Å². The molecule has 0 heterocycles. The summed E-state index contributed by atoms with van der Waals surface area (Å²) in [6, 6.07) is 9.68. The van der Waals surface area contributed by atoms with Gasteiger partial charge in [-0.3, -0.25) is 9.59 Å². The molecule has 1 aromatic carbocycles. The van der Waals surface area contributed by atoms with E-state index in [2.05, 4.69) is 39.2 Å². The number of carbonyl (C=O) groups excluding carboxylic acids is 2. The second kappa shape index (κ2) is 9.32. The molecule has 1 unspecified atom stereocenters. The van der Waals surface area contributed by atoms with Crippen molar-refractivity contribution in [2.24, 2.45) is 0 Å². The van der Waals surface area contributed by atoms with E-state index in [1.165, 1.54) is 7.11 Å². The minimum absolute atomic E-state index is 0.00479. The van der Waals surface area contributed by atoms with Crippen LogP contribution in [0, 0.1) is 0 Å². The summed E-state index contributed by atoms with van der Waals surface area (Å²) in [5, 5.41) is 2.98. The van der Waals surface area contributed by atoms with E-state index in [0.29, 0.717) is 0 Å². The molecule has 1 rings (SSSR count). The van der Waals surface area contributed by atoms with Crippen LogP contribution in [0.15, 0.2) is 30.3 Å². The van der Waals surface area contributed by atoms with Crippen molar-refractivity contribution >= 4 is 20.2 Å². The van der Waals surface area contributed by atoms with Crippen molar-refractivity contribution in [1.82, 2.24) is 5.32 Å². The molecular formula is C20H33NO4Si. The lowest BCUT2D eigenvalue weighted by Gasteiger charge is -2.39. The third-order valence-electron chi connectivity index (χ3n) is 4.98. The molecule has 0 saturated carbocycles. The lowest BCUT2D eigenvalue weighted by Crippen LogP contribution is -2.45. The molecule has 1 amide bonds. The van der Waals surface area contributed by atoms with Crippen LogP contribution in [0.2, 0.25) is 18.1 Å². The van der Waals surface area contributed by atoms with Crippen LogP contribution in [0.3, 0.4) is 0 Å². The van der Waals surface area contributed by atoms with Gasteiger partial charge < -0.3 is 14.5 Å².